The van der Waals surface area contributed by atoms with Crippen molar-refractivity contribution in [2.24, 2.45) is 0 Å². The number of benzene rings is 3. The topological polar surface area (TPSA) is 58.6 Å². The fraction of sp³-hybridized carbons (Fsp3) is 0.333. The summed E-state index contributed by atoms with van der Waals surface area (Å²) in [5, 5.41) is 2.99. The molecule has 196 valence electrons. The molecule has 0 bridgehead atoms. The van der Waals surface area contributed by atoms with Crippen LogP contribution in [-0.4, -0.2) is 35.9 Å². The van der Waals surface area contributed by atoms with Gasteiger partial charge in [0.1, 0.15) is 17.6 Å². The van der Waals surface area contributed by atoms with Gasteiger partial charge >= 0.3 is 0 Å². The molecule has 3 aromatic carbocycles. The number of hydrogen-bond donors (Lipinski definition) is 1. The Bertz CT molecular complexity index is 1160. The normalized spacial score (nSPS) is 11.6. The maximum atomic E-state index is 13.6. The summed E-state index contributed by atoms with van der Waals surface area (Å²) >= 11 is 3.52. The van der Waals surface area contributed by atoms with Crippen LogP contribution < -0.4 is 10.1 Å². The van der Waals surface area contributed by atoms with E-state index >= 15 is 0 Å². The summed E-state index contributed by atoms with van der Waals surface area (Å²) in [7, 11) is 0. The number of amides is 2. The lowest BCUT2D eigenvalue weighted by molar-refractivity contribution is -0.142. The Hall–Kier alpha value is -3.19. The van der Waals surface area contributed by atoms with Crippen LogP contribution in [0.15, 0.2) is 77.3 Å². The second kappa shape index (κ2) is 14.5. The largest absolute Gasteiger partial charge is 0.483 e. The smallest absolute Gasteiger partial charge is 0.261 e. The molecule has 0 fully saturated rings. The van der Waals surface area contributed by atoms with Gasteiger partial charge < -0.3 is 15.0 Å². The number of carbonyl (C=O) groups is 2. The first-order chi connectivity index (χ1) is 17.9. The molecular formula is C30H34BrFN2O3. The third kappa shape index (κ3) is 8.71. The van der Waals surface area contributed by atoms with Crippen molar-refractivity contribution in [2.45, 2.75) is 52.1 Å². The van der Waals surface area contributed by atoms with E-state index in [0.29, 0.717) is 18.7 Å². The average molecular weight is 570 g/mol. The lowest BCUT2D eigenvalue weighted by atomic mass is 10.0. The molecule has 0 aliphatic carbocycles. The van der Waals surface area contributed by atoms with E-state index in [1.54, 1.807) is 12.1 Å². The Labute approximate surface area is 227 Å². The molecule has 0 radical (unpaired) electrons. The summed E-state index contributed by atoms with van der Waals surface area (Å²) in [6.07, 6.45) is 3.03. The molecule has 0 heterocycles. The van der Waals surface area contributed by atoms with Crippen LogP contribution in [0.2, 0.25) is 0 Å². The monoisotopic (exact) mass is 568 g/mol. The number of carbonyl (C=O) groups excluding carboxylic acids is 2. The molecule has 2 amide bonds. The van der Waals surface area contributed by atoms with Crippen molar-refractivity contribution < 1.29 is 18.7 Å². The van der Waals surface area contributed by atoms with E-state index in [2.05, 4.69) is 35.1 Å². The molecular weight excluding hydrogens is 535 g/mol. The summed E-state index contributed by atoms with van der Waals surface area (Å²) in [6, 6.07) is 20.6. The number of nitrogens with one attached hydrogen (secondary N) is 1. The van der Waals surface area contributed by atoms with Gasteiger partial charge in [-0.25, -0.2) is 4.39 Å². The van der Waals surface area contributed by atoms with Crippen molar-refractivity contribution in [1.82, 2.24) is 10.2 Å². The Morgan fingerprint density at radius 2 is 1.68 bits per heavy atom. The molecule has 5 nitrogen and oxygen atoms in total. The zero-order valence-electron chi connectivity index (χ0n) is 21.4. The third-order valence-electron chi connectivity index (χ3n) is 6.12. The molecule has 7 heteroatoms. The predicted octanol–water partition coefficient (Wildman–Crippen LogP) is 6.09. The molecule has 0 saturated carbocycles. The lowest BCUT2D eigenvalue weighted by Gasteiger charge is -2.31. The van der Waals surface area contributed by atoms with Gasteiger partial charge in [0.2, 0.25) is 5.91 Å². The first-order valence-corrected chi connectivity index (χ1v) is 13.5. The van der Waals surface area contributed by atoms with Gasteiger partial charge in [0.15, 0.2) is 6.61 Å². The van der Waals surface area contributed by atoms with Crippen LogP contribution in [0.3, 0.4) is 0 Å². The van der Waals surface area contributed by atoms with Gasteiger partial charge in [0.25, 0.3) is 5.91 Å². The van der Waals surface area contributed by atoms with Gasteiger partial charge in [-0.15, -0.1) is 0 Å². The van der Waals surface area contributed by atoms with Crippen LogP contribution in [0.5, 0.6) is 5.75 Å². The van der Waals surface area contributed by atoms with E-state index < -0.39 is 6.04 Å². The zero-order chi connectivity index (χ0) is 26.6. The van der Waals surface area contributed by atoms with E-state index in [1.807, 2.05) is 48.5 Å². The Balaban J connectivity index is 1.88. The number of nitrogens with zero attached hydrogens (tertiary/aromatic N) is 1. The molecule has 0 saturated heterocycles. The van der Waals surface area contributed by atoms with E-state index in [4.69, 9.17) is 4.74 Å². The van der Waals surface area contributed by atoms with Crippen molar-refractivity contribution in [3.05, 3.63) is 99.8 Å². The first-order valence-electron chi connectivity index (χ1n) is 12.7. The van der Waals surface area contributed by atoms with Crippen molar-refractivity contribution in [3.63, 3.8) is 0 Å². The Morgan fingerprint density at radius 1 is 0.973 bits per heavy atom. The van der Waals surface area contributed by atoms with Gasteiger partial charge in [-0.1, -0.05) is 68.8 Å². The van der Waals surface area contributed by atoms with Crippen LogP contribution in [0, 0.1) is 5.82 Å². The van der Waals surface area contributed by atoms with Gasteiger partial charge in [-0.3, -0.25) is 9.59 Å². The summed E-state index contributed by atoms with van der Waals surface area (Å²) in [6.45, 7) is 4.57. The summed E-state index contributed by atoms with van der Waals surface area (Å²) in [4.78, 5) is 28.6. The second-order valence-corrected chi connectivity index (χ2v) is 9.76. The predicted molar refractivity (Wildman–Crippen MR) is 148 cm³/mol. The minimum atomic E-state index is -0.758. The second-order valence-electron chi connectivity index (χ2n) is 8.91. The van der Waals surface area contributed by atoms with Gasteiger partial charge in [-0.2, -0.15) is 0 Å². The first kappa shape index (κ1) is 28.4. The quantitative estimate of drug-likeness (QED) is 0.254. The molecule has 37 heavy (non-hydrogen) atoms. The van der Waals surface area contributed by atoms with Gasteiger partial charge in [0.05, 0.1) is 4.47 Å². The van der Waals surface area contributed by atoms with Crippen molar-refractivity contribution in [3.8, 4) is 5.75 Å². The number of aryl methyl sites for hydroxylation is 1. The number of ether oxygens (including phenoxy) is 1. The molecule has 3 aromatic rings. The number of hydrogen-bond acceptors (Lipinski definition) is 3. The fourth-order valence-corrected chi connectivity index (χ4v) is 4.49. The molecule has 1 atom stereocenters. The average Bonchev–Trinajstić information content (AvgIpc) is 2.91. The van der Waals surface area contributed by atoms with Crippen molar-refractivity contribution in [2.75, 3.05) is 13.2 Å². The summed E-state index contributed by atoms with van der Waals surface area (Å²) in [5.74, 6) is -0.355. The molecule has 0 aromatic heterocycles. The summed E-state index contributed by atoms with van der Waals surface area (Å²) < 4.78 is 20.2. The number of rotatable bonds is 13. The molecule has 0 spiro atoms. The maximum absolute atomic E-state index is 13.6. The fourth-order valence-electron chi connectivity index (χ4n) is 3.95. The molecule has 0 aliphatic heterocycles. The standard InChI is InChI=1S/C30H34BrFN2O3/c1-3-5-17-33-30(36)27(19-23-9-7-6-8-10-23)34(20-24-11-14-25(32)15-12-24)29(35)21-37-28-16-13-22(4-2)18-26(28)31/h6-16,18,27H,3-5,17,19-21H2,1-2H3,(H,33,36)/t27-/m1/s1. The van der Waals surface area contributed by atoms with Gasteiger partial charge in [-0.05, 0) is 69.7 Å². The van der Waals surface area contributed by atoms with Crippen molar-refractivity contribution >= 4 is 27.7 Å². The van der Waals surface area contributed by atoms with E-state index in [-0.39, 0.29) is 30.8 Å². The highest BCUT2D eigenvalue weighted by Crippen LogP contribution is 2.26. The Kier molecular flexibility index (Phi) is 11.1. The molecule has 0 aliphatic rings. The van der Waals surface area contributed by atoms with E-state index in [0.717, 1.165) is 40.4 Å². The molecule has 3 rings (SSSR count). The van der Waals surface area contributed by atoms with Crippen molar-refractivity contribution in [1.29, 1.82) is 0 Å². The highest BCUT2D eigenvalue weighted by atomic mass is 79.9. The van der Waals surface area contributed by atoms with Crippen LogP contribution in [-0.2, 0) is 29.0 Å². The lowest BCUT2D eigenvalue weighted by Crippen LogP contribution is -2.51. The third-order valence-corrected chi connectivity index (χ3v) is 6.74. The van der Waals surface area contributed by atoms with E-state index in [9.17, 15) is 14.0 Å². The van der Waals surface area contributed by atoms with Crippen LogP contribution in [0.25, 0.3) is 0 Å². The Morgan fingerprint density at radius 3 is 2.32 bits per heavy atom. The maximum Gasteiger partial charge on any atom is 0.261 e. The van der Waals surface area contributed by atoms with Crippen LogP contribution >= 0.6 is 15.9 Å². The minimum absolute atomic E-state index is 0.150. The van der Waals surface area contributed by atoms with E-state index in [1.165, 1.54) is 17.0 Å². The SMILES string of the molecule is CCCCNC(=O)[C@@H](Cc1ccccc1)N(Cc1ccc(F)cc1)C(=O)COc1ccc(CC)cc1Br. The summed E-state index contributed by atoms with van der Waals surface area (Å²) in [5.41, 5.74) is 2.81. The van der Waals surface area contributed by atoms with Crippen LogP contribution in [0.1, 0.15) is 43.4 Å². The van der Waals surface area contributed by atoms with Gasteiger partial charge in [0, 0.05) is 19.5 Å². The zero-order valence-corrected chi connectivity index (χ0v) is 23.0. The number of unbranched alkanes of at least 4 members (excludes halogenated alkanes) is 1. The molecule has 1 N–H and O–H groups in total. The highest BCUT2D eigenvalue weighted by Gasteiger charge is 2.30. The highest BCUT2D eigenvalue weighted by molar-refractivity contribution is 9.10. The number of halogens is 2. The van der Waals surface area contributed by atoms with Crippen LogP contribution in [0.4, 0.5) is 4.39 Å². The molecule has 0 unspecified atom stereocenters. The minimum Gasteiger partial charge on any atom is -0.483 e.